The lowest BCUT2D eigenvalue weighted by Gasteiger charge is -2.25. The number of rotatable bonds is 11. The van der Waals surface area contributed by atoms with E-state index in [4.69, 9.17) is 5.11 Å². The van der Waals surface area contributed by atoms with Gasteiger partial charge in [0.15, 0.2) is 6.10 Å². The van der Waals surface area contributed by atoms with E-state index in [-0.39, 0.29) is 0 Å². The summed E-state index contributed by atoms with van der Waals surface area (Å²) in [6, 6.07) is 0. The van der Waals surface area contributed by atoms with Gasteiger partial charge in [0.1, 0.15) is 18.3 Å². The number of hydrogen-bond acceptors (Lipinski definition) is 6. The average molecular weight is 307 g/mol. The number of hydrogen-bond donors (Lipinski definition) is 6. The Balaban J connectivity index is 4.31. The zero-order valence-electron chi connectivity index (χ0n) is 12.8. The molecule has 0 aliphatic rings. The Kier molecular flexibility index (Phi) is 10.5. The molecule has 5 atom stereocenters. The van der Waals surface area contributed by atoms with Gasteiger partial charge in [-0.15, -0.1) is 0 Å². The van der Waals surface area contributed by atoms with Crippen molar-refractivity contribution in [3.63, 3.8) is 0 Å². The van der Waals surface area contributed by atoms with Crippen molar-refractivity contribution in [2.24, 2.45) is 5.92 Å². The molecule has 126 valence electrons. The minimum absolute atomic E-state index is 0.297. The van der Waals surface area contributed by atoms with Crippen LogP contribution in [0.2, 0.25) is 0 Å². The SMILES string of the molecule is CCCCC(CC)CNC(=O)[C@H](O)[C@@H](O)[C@H](O)[C@H](O)CO. The van der Waals surface area contributed by atoms with E-state index in [0.717, 1.165) is 25.7 Å². The van der Waals surface area contributed by atoms with Crippen LogP contribution >= 0.6 is 0 Å². The molecule has 0 saturated heterocycles. The molecule has 0 aromatic heterocycles. The summed E-state index contributed by atoms with van der Waals surface area (Å²) < 4.78 is 0. The molecule has 0 saturated carbocycles. The second-order valence-corrected chi connectivity index (χ2v) is 5.34. The van der Waals surface area contributed by atoms with E-state index >= 15 is 0 Å². The van der Waals surface area contributed by atoms with Crippen molar-refractivity contribution in [3.8, 4) is 0 Å². The number of aliphatic hydroxyl groups excluding tert-OH is 5. The molecule has 0 aliphatic carbocycles. The quantitative estimate of drug-likeness (QED) is 0.283. The van der Waals surface area contributed by atoms with Gasteiger partial charge in [0, 0.05) is 6.54 Å². The summed E-state index contributed by atoms with van der Waals surface area (Å²) in [5.41, 5.74) is 0. The first-order valence-corrected chi connectivity index (χ1v) is 7.49. The van der Waals surface area contributed by atoms with Gasteiger partial charge in [0.25, 0.3) is 5.91 Å². The molecule has 0 radical (unpaired) electrons. The number of unbranched alkanes of at least 4 members (excludes halogenated alkanes) is 1. The molecule has 0 aromatic rings. The van der Waals surface area contributed by atoms with E-state index in [9.17, 15) is 25.2 Å². The molecule has 0 fully saturated rings. The Hall–Kier alpha value is -0.730. The Bertz CT molecular complexity index is 289. The van der Waals surface area contributed by atoms with Crippen molar-refractivity contribution >= 4 is 5.91 Å². The fraction of sp³-hybridized carbons (Fsp3) is 0.929. The minimum Gasteiger partial charge on any atom is -0.394 e. The van der Waals surface area contributed by atoms with Gasteiger partial charge in [-0.3, -0.25) is 4.79 Å². The molecule has 0 rings (SSSR count). The van der Waals surface area contributed by atoms with E-state index in [1.54, 1.807) is 0 Å². The van der Waals surface area contributed by atoms with Crippen LogP contribution in [0.15, 0.2) is 0 Å². The maximum Gasteiger partial charge on any atom is 0.251 e. The van der Waals surface area contributed by atoms with Gasteiger partial charge in [0.05, 0.1) is 6.61 Å². The third-order valence-electron chi connectivity index (χ3n) is 3.63. The Morgan fingerprint density at radius 3 is 2.19 bits per heavy atom. The highest BCUT2D eigenvalue weighted by Crippen LogP contribution is 2.12. The van der Waals surface area contributed by atoms with E-state index in [2.05, 4.69) is 12.2 Å². The lowest BCUT2D eigenvalue weighted by molar-refractivity contribution is -0.149. The van der Waals surface area contributed by atoms with Gasteiger partial charge in [-0.1, -0.05) is 33.1 Å². The predicted octanol–water partition coefficient (Wildman–Crippen LogP) is -1.25. The number of aliphatic hydroxyl groups is 5. The molecule has 7 nitrogen and oxygen atoms in total. The number of amides is 1. The fourth-order valence-corrected chi connectivity index (χ4v) is 1.97. The molecule has 0 heterocycles. The normalized spacial score (nSPS) is 18.6. The summed E-state index contributed by atoms with van der Waals surface area (Å²) >= 11 is 0. The van der Waals surface area contributed by atoms with Crippen molar-refractivity contribution in [2.45, 2.75) is 63.9 Å². The molecule has 6 N–H and O–H groups in total. The van der Waals surface area contributed by atoms with E-state index in [0.29, 0.717) is 12.5 Å². The maximum atomic E-state index is 11.7. The van der Waals surface area contributed by atoms with Crippen LogP contribution in [0.25, 0.3) is 0 Å². The van der Waals surface area contributed by atoms with Crippen molar-refractivity contribution in [3.05, 3.63) is 0 Å². The van der Waals surface area contributed by atoms with Gasteiger partial charge < -0.3 is 30.8 Å². The predicted molar refractivity (Wildman–Crippen MR) is 77.4 cm³/mol. The van der Waals surface area contributed by atoms with Crippen LogP contribution in [-0.4, -0.2) is 69.0 Å². The molecule has 0 aliphatic heterocycles. The first-order valence-electron chi connectivity index (χ1n) is 7.49. The average Bonchev–Trinajstić information content (AvgIpc) is 2.51. The molecule has 0 aromatic carbocycles. The van der Waals surface area contributed by atoms with E-state index < -0.39 is 36.9 Å². The zero-order chi connectivity index (χ0) is 16.4. The van der Waals surface area contributed by atoms with Gasteiger partial charge >= 0.3 is 0 Å². The lowest BCUT2D eigenvalue weighted by atomic mass is 9.98. The standard InChI is InChI=1S/C14H29NO6/c1-3-5-6-9(4-2)7-15-14(21)13(20)12(19)11(18)10(17)8-16/h9-13,16-20H,3-8H2,1-2H3,(H,15,21)/t9?,10-,11-,12+,13-/m1/s1. The van der Waals surface area contributed by atoms with Crippen LogP contribution in [0.5, 0.6) is 0 Å². The minimum atomic E-state index is -1.86. The Morgan fingerprint density at radius 1 is 1.10 bits per heavy atom. The molecule has 1 unspecified atom stereocenters. The van der Waals surface area contributed by atoms with Crippen molar-refractivity contribution in [2.75, 3.05) is 13.2 Å². The topological polar surface area (TPSA) is 130 Å². The number of carbonyl (C=O) groups excluding carboxylic acids is 1. The summed E-state index contributed by atoms with van der Waals surface area (Å²) in [4.78, 5) is 11.7. The smallest absolute Gasteiger partial charge is 0.251 e. The summed E-state index contributed by atoms with van der Waals surface area (Å²) in [7, 11) is 0. The van der Waals surface area contributed by atoms with Gasteiger partial charge in [0.2, 0.25) is 0 Å². The lowest BCUT2D eigenvalue weighted by Crippen LogP contribution is -2.52. The molecule has 21 heavy (non-hydrogen) atoms. The second-order valence-electron chi connectivity index (χ2n) is 5.34. The number of carbonyl (C=O) groups is 1. The monoisotopic (exact) mass is 307 g/mol. The zero-order valence-corrected chi connectivity index (χ0v) is 12.8. The van der Waals surface area contributed by atoms with Crippen LogP contribution < -0.4 is 5.32 Å². The van der Waals surface area contributed by atoms with Gasteiger partial charge in [-0.25, -0.2) is 0 Å². The Labute approximate surface area is 125 Å². The highest BCUT2D eigenvalue weighted by molar-refractivity contribution is 5.81. The molecule has 0 spiro atoms. The summed E-state index contributed by atoms with van der Waals surface area (Å²) in [5, 5.41) is 49.1. The van der Waals surface area contributed by atoms with Crippen molar-refractivity contribution in [1.29, 1.82) is 0 Å². The van der Waals surface area contributed by atoms with E-state index in [1.807, 2.05) is 6.92 Å². The second kappa shape index (κ2) is 10.9. The molecule has 1 amide bonds. The van der Waals surface area contributed by atoms with Gasteiger partial charge in [-0.05, 0) is 12.3 Å². The first-order chi connectivity index (χ1) is 9.88. The number of nitrogens with one attached hydrogen (secondary N) is 1. The van der Waals surface area contributed by atoms with Crippen molar-refractivity contribution in [1.82, 2.24) is 5.32 Å². The van der Waals surface area contributed by atoms with Crippen LogP contribution in [0.4, 0.5) is 0 Å². The first kappa shape index (κ1) is 20.3. The van der Waals surface area contributed by atoms with E-state index in [1.165, 1.54) is 0 Å². The van der Waals surface area contributed by atoms with Crippen LogP contribution in [-0.2, 0) is 4.79 Å². The highest BCUT2D eigenvalue weighted by Gasteiger charge is 2.34. The Morgan fingerprint density at radius 2 is 1.71 bits per heavy atom. The highest BCUT2D eigenvalue weighted by atomic mass is 16.4. The van der Waals surface area contributed by atoms with Gasteiger partial charge in [-0.2, -0.15) is 0 Å². The summed E-state index contributed by atoms with van der Waals surface area (Å²) in [5.74, 6) is -0.507. The van der Waals surface area contributed by atoms with Crippen LogP contribution in [0, 0.1) is 5.92 Å². The summed E-state index contributed by atoms with van der Waals surface area (Å²) in [6.45, 7) is 3.71. The van der Waals surface area contributed by atoms with Crippen molar-refractivity contribution < 1.29 is 30.3 Å². The largest absolute Gasteiger partial charge is 0.394 e. The third-order valence-corrected chi connectivity index (χ3v) is 3.63. The van der Waals surface area contributed by atoms with Crippen LogP contribution in [0.3, 0.4) is 0 Å². The molecule has 7 heteroatoms. The maximum absolute atomic E-state index is 11.7. The summed E-state index contributed by atoms with van der Waals surface area (Å²) in [6.07, 6.45) is -3.14. The molecular formula is C14H29NO6. The molecular weight excluding hydrogens is 278 g/mol. The van der Waals surface area contributed by atoms with Crippen LogP contribution in [0.1, 0.15) is 39.5 Å². The molecule has 0 bridgehead atoms. The fourth-order valence-electron chi connectivity index (χ4n) is 1.97. The third kappa shape index (κ3) is 7.19.